The number of nitrogens with one attached hydrogen (secondary N) is 1. The van der Waals surface area contributed by atoms with Gasteiger partial charge in [-0.15, -0.1) is 0 Å². The lowest BCUT2D eigenvalue weighted by molar-refractivity contribution is 0.943. The summed E-state index contributed by atoms with van der Waals surface area (Å²) in [5.41, 5.74) is 16.7. The number of hydrogen-bond acceptors (Lipinski definition) is 1. The third-order valence-electron chi connectivity index (χ3n) is 11.1. The molecule has 2 aliphatic rings. The van der Waals surface area contributed by atoms with Gasteiger partial charge in [0, 0.05) is 6.54 Å². The van der Waals surface area contributed by atoms with Crippen molar-refractivity contribution in [2.75, 3.05) is 6.54 Å². The highest BCUT2D eigenvalue weighted by Gasteiger charge is 2.18. The molecule has 1 heterocycles. The fourth-order valence-electron chi connectivity index (χ4n) is 8.25. The largest absolute Gasteiger partial charge is 0.387 e. The summed E-state index contributed by atoms with van der Waals surface area (Å²) in [5, 5.41) is 8.40. The van der Waals surface area contributed by atoms with Gasteiger partial charge in [0.05, 0.1) is 0 Å². The van der Waals surface area contributed by atoms with Gasteiger partial charge in [-0.05, 0) is 147 Å². The fourth-order valence-corrected chi connectivity index (χ4v) is 8.25. The maximum atomic E-state index is 3.83. The first-order valence-corrected chi connectivity index (χ1v) is 22.0. The van der Waals surface area contributed by atoms with Crippen LogP contribution < -0.4 is 5.32 Å². The molecule has 0 aromatic heterocycles. The third-order valence-corrected chi connectivity index (χ3v) is 11.1. The average molecular weight is 796 g/mol. The zero-order chi connectivity index (χ0) is 43.0. The first kappa shape index (κ1) is 43.9. The molecule has 306 valence electrons. The van der Waals surface area contributed by atoms with Crippen LogP contribution >= 0.6 is 0 Å². The highest BCUT2D eigenvalue weighted by Crippen LogP contribution is 2.44. The van der Waals surface area contributed by atoms with Crippen molar-refractivity contribution in [1.82, 2.24) is 5.32 Å². The van der Waals surface area contributed by atoms with Crippen molar-refractivity contribution >= 4 is 27.6 Å². The Bertz CT molecular complexity index is 2720. The molecule has 0 amide bonds. The molecule has 8 rings (SSSR count). The van der Waals surface area contributed by atoms with Crippen molar-refractivity contribution < 1.29 is 0 Å². The standard InChI is InChI=1S/C39H32.C19H23N.C2H6/c1-4-5-7-20-33-28(3)38-35(32-19-13-18-31(26-32)30-17-12-14-27(2)25-30)24-23-34(29-15-8-6-9-16-29)39(38)37-22-11-10-21-36(33)37;1-3-5-8-16(7-4-2)18-9-6-10-19(15-18)17-11-13-20-14-12-17;1-2/h4-26H,1-3H3;4-5,7-8,10-13,15,20H,2-3,6,9,14H2,1H3;1-2H3/b5-4-,20-7-;8-5-,16-7+;. The zero-order valence-corrected chi connectivity index (χ0v) is 37.0. The molecular weight excluding hydrogens is 735 g/mol. The Labute approximate surface area is 366 Å². The summed E-state index contributed by atoms with van der Waals surface area (Å²) >= 11 is 0. The highest BCUT2D eigenvalue weighted by atomic mass is 14.8. The molecule has 61 heavy (non-hydrogen) atoms. The average Bonchev–Trinajstić information content (AvgIpc) is 3.32. The summed E-state index contributed by atoms with van der Waals surface area (Å²) in [5.74, 6) is 0. The quantitative estimate of drug-likeness (QED) is 0.108. The van der Waals surface area contributed by atoms with Gasteiger partial charge in [0.2, 0.25) is 0 Å². The van der Waals surface area contributed by atoms with Gasteiger partial charge in [0.15, 0.2) is 0 Å². The molecule has 0 bridgehead atoms. The van der Waals surface area contributed by atoms with E-state index in [2.05, 4.69) is 222 Å². The van der Waals surface area contributed by atoms with Gasteiger partial charge in [0.25, 0.3) is 0 Å². The van der Waals surface area contributed by atoms with Crippen LogP contribution in [-0.4, -0.2) is 6.54 Å². The molecule has 1 nitrogen and oxygen atoms in total. The van der Waals surface area contributed by atoms with E-state index in [9.17, 15) is 0 Å². The summed E-state index contributed by atoms with van der Waals surface area (Å²) in [6.07, 6.45) is 31.3. The van der Waals surface area contributed by atoms with Gasteiger partial charge in [0.1, 0.15) is 0 Å². The van der Waals surface area contributed by atoms with Crippen LogP contribution in [0, 0.1) is 13.8 Å². The number of benzene rings is 6. The normalized spacial score (nSPS) is 13.9. The minimum Gasteiger partial charge on any atom is -0.387 e. The van der Waals surface area contributed by atoms with Gasteiger partial charge in [-0.1, -0.05) is 209 Å². The predicted octanol–water partition coefficient (Wildman–Crippen LogP) is 17.0. The van der Waals surface area contributed by atoms with Gasteiger partial charge >= 0.3 is 0 Å². The van der Waals surface area contributed by atoms with Crippen molar-refractivity contribution in [1.29, 1.82) is 0 Å². The summed E-state index contributed by atoms with van der Waals surface area (Å²) in [6, 6.07) is 42.0. The molecule has 0 saturated heterocycles. The van der Waals surface area contributed by atoms with Crippen LogP contribution in [0.25, 0.3) is 61.0 Å². The molecule has 0 unspecified atom stereocenters. The molecule has 0 atom stereocenters. The Balaban J connectivity index is 0.000000238. The molecule has 0 fully saturated rings. The summed E-state index contributed by atoms with van der Waals surface area (Å²) in [6.45, 7) is 17.4. The smallest absolute Gasteiger partial charge is 0.0334 e. The maximum absolute atomic E-state index is 3.83. The van der Waals surface area contributed by atoms with Gasteiger partial charge in [-0.2, -0.15) is 0 Å². The van der Waals surface area contributed by atoms with Crippen molar-refractivity contribution in [2.45, 2.75) is 60.8 Å². The number of dihydropyridines is 1. The third kappa shape index (κ3) is 10.6. The van der Waals surface area contributed by atoms with Gasteiger partial charge in [-0.25, -0.2) is 0 Å². The second kappa shape index (κ2) is 22.1. The zero-order valence-electron chi connectivity index (χ0n) is 37.0. The molecule has 0 spiro atoms. The van der Waals surface area contributed by atoms with Crippen LogP contribution in [0.3, 0.4) is 0 Å². The lowest BCUT2D eigenvalue weighted by Crippen LogP contribution is -2.09. The van der Waals surface area contributed by atoms with Crippen molar-refractivity contribution in [3.05, 3.63) is 234 Å². The second-order valence-electron chi connectivity index (χ2n) is 15.1. The first-order valence-electron chi connectivity index (χ1n) is 22.0. The Morgan fingerprint density at radius 3 is 2.10 bits per heavy atom. The SMILES string of the molecule is C/C=C\C=C/c1c(C)c2c(-c3cccc(-c4cccc(C)c4)c3)ccc(-c3ccccc3)c2c2ccccc12.C=C/C=C(\C=C/CC)C1=CC(C2=CCNC=C2)=CCC1.CC. The summed E-state index contributed by atoms with van der Waals surface area (Å²) in [4.78, 5) is 0. The minimum absolute atomic E-state index is 0.914. The summed E-state index contributed by atoms with van der Waals surface area (Å²) < 4.78 is 0. The van der Waals surface area contributed by atoms with E-state index in [4.69, 9.17) is 0 Å². The predicted molar refractivity (Wildman–Crippen MR) is 271 cm³/mol. The van der Waals surface area contributed by atoms with Crippen LogP contribution in [0.1, 0.15) is 63.6 Å². The molecular formula is C60H61N. The van der Waals surface area contributed by atoms with Gasteiger partial charge in [-0.3, -0.25) is 0 Å². The molecule has 1 aliphatic heterocycles. The van der Waals surface area contributed by atoms with E-state index in [-0.39, 0.29) is 0 Å². The van der Waals surface area contributed by atoms with E-state index in [0.29, 0.717) is 0 Å². The van der Waals surface area contributed by atoms with Crippen molar-refractivity contribution in [3.63, 3.8) is 0 Å². The number of rotatable bonds is 10. The maximum Gasteiger partial charge on any atom is 0.0334 e. The topological polar surface area (TPSA) is 12.0 Å². The van der Waals surface area contributed by atoms with Crippen LogP contribution in [0.5, 0.6) is 0 Å². The number of allylic oxidation sites excluding steroid dienone is 14. The second-order valence-corrected chi connectivity index (χ2v) is 15.1. The Morgan fingerprint density at radius 1 is 0.705 bits per heavy atom. The molecule has 1 heteroatoms. The lowest BCUT2D eigenvalue weighted by atomic mass is 9.84. The van der Waals surface area contributed by atoms with Crippen LogP contribution in [0.4, 0.5) is 0 Å². The Kier molecular flexibility index (Phi) is 15.9. The van der Waals surface area contributed by atoms with Crippen LogP contribution in [-0.2, 0) is 0 Å². The lowest BCUT2D eigenvalue weighted by Gasteiger charge is -2.20. The van der Waals surface area contributed by atoms with Crippen LogP contribution in [0.15, 0.2) is 217 Å². The van der Waals surface area contributed by atoms with E-state index in [1.807, 2.05) is 26.1 Å². The molecule has 6 aromatic rings. The monoisotopic (exact) mass is 795 g/mol. The van der Waals surface area contributed by atoms with E-state index < -0.39 is 0 Å². The van der Waals surface area contributed by atoms with E-state index in [1.165, 1.54) is 93.9 Å². The van der Waals surface area contributed by atoms with E-state index >= 15 is 0 Å². The number of fused-ring (bicyclic) bond motifs is 3. The van der Waals surface area contributed by atoms with Crippen molar-refractivity contribution in [3.8, 4) is 33.4 Å². The molecule has 1 aliphatic carbocycles. The van der Waals surface area contributed by atoms with E-state index in [0.717, 1.165) is 25.8 Å². The fraction of sp³-hybridized carbons (Fsp3) is 0.167. The molecule has 6 aromatic carbocycles. The highest BCUT2D eigenvalue weighted by molar-refractivity contribution is 6.21. The molecule has 0 saturated carbocycles. The molecule has 0 radical (unpaired) electrons. The Morgan fingerprint density at radius 2 is 1.39 bits per heavy atom. The first-order chi connectivity index (χ1) is 30.0. The Hall–Kier alpha value is -6.70. The number of hydrogen-bond donors (Lipinski definition) is 1. The van der Waals surface area contributed by atoms with E-state index in [1.54, 1.807) is 0 Å². The number of aryl methyl sites for hydroxylation is 2. The van der Waals surface area contributed by atoms with Crippen molar-refractivity contribution in [2.24, 2.45) is 0 Å². The summed E-state index contributed by atoms with van der Waals surface area (Å²) in [7, 11) is 0. The molecule has 1 N–H and O–H groups in total. The van der Waals surface area contributed by atoms with Crippen LogP contribution in [0.2, 0.25) is 0 Å². The van der Waals surface area contributed by atoms with Gasteiger partial charge < -0.3 is 5.32 Å². The minimum atomic E-state index is 0.914.